The van der Waals surface area contributed by atoms with E-state index < -0.39 is 0 Å². The summed E-state index contributed by atoms with van der Waals surface area (Å²) in [7, 11) is 0. The highest BCUT2D eigenvalue weighted by molar-refractivity contribution is 7.71. The number of ether oxygens (including phenoxy) is 1. The van der Waals surface area contributed by atoms with Gasteiger partial charge < -0.3 is 9.30 Å². The number of hydrogen-bond donors (Lipinski definition) is 1. The summed E-state index contributed by atoms with van der Waals surface area (Å²) in [6, 6.07) is 7.26. The third-order valence-corrected chi connectivity index (χ3v) is 2.86. The van der Waals surface area contributed by atoms with Gasteiger partial charge in [-0.1, -0.05) is 17.7 Å². The van der Waals surface area contributed by atoms with E-state index in [0.717, 1.165) is 12.4 Å². The van der Waals surface area contributed by atoms with Crippen LogP contribution in [0.1, 0.15) is 12.7 Å². The zero-order valence-electron chi connectivity index (χ0n) is 9.31. The standard InChI is InChI=1S/C11H12ClN3OS/c1-2-15-10(13-14-11(15)17)7-16-9-5-3-4-8(12)6-9/h3-6H,2,7H2,1H3,(H,14,17). The summed E-state index contributed by atoms with van der Waals surface area (Å²) in [5.41, 5.74) is 0. The second-order valence-corrected chi connectivity index (χ2v) is 4.26. The Morgan fingerprint density at radius 1 is 1.53 bits per heavy atom. The molecule has 0 saturated heterocycles. The highest BCUT2D eigenvalue weighted by Crippen LogP contribution is 2.18. The molecule has 0 aliphatic carbocycles. The van der Waals surface area contributed by atoms with Gasteiger partial charge in [-0.15, -0.1) is 0 Å². The van der Waals surface area contributed by atoms with Gasteiger partial charge in [-0.2, -0.15) is 5.10 Å². The minimum absolute atomic E-state index is 0.362. The maximum Gasteiger partial charge on any atom is 0.195 e. The van der Waals surface area contributed by atoms with Crippen LogP contribution < -0.4 is 4.74 Å². The van der Waals surface area contributed by atoms with Crippen molar-refractivity contribution in [3.8, 4) is 5.75 Å². The van der Waals surface area contributed by atoms with Crippen LogP contribution in [0.25, 0.3) is 0 Å². The number of nitrogens with one attached hydrogen (secondary N) is 1. The number of nitrogens with zero attached hydrogens (tertiary/aromatic N) is 2. The van der Waals surface area contributed by atoms with Crippen LogP contribution in [0, 0.1) is 4.77 Å². The molecular weight excluding hydrogens is 258 g/mol. The van der Waals surface area contributed by atoms with Crippen LogP contribution in [0.2, 0.25) is 5.02 Å². The second-order valence-electron chi connectivity index (χ2n) is 3.44. The van der Waals surface area contributed by atoms with Crippen molar-refractivity contribution in [3.05, 3.63) is 39.9 Å². The largest absolute Gasteiger partial charge is 0.486 e. The average Bonchev–Trinajstić information content (AvgIpc) is 2.67. The van der Waals surface area contributed by atoms with E-state index in [-0.39, 0.29) is 0 Å². The number of H-pyrrole nitrogens is 1. The first-order valence-electron chi connectivity index (χ1n) is 5.23. The molecule has 90 valence electrons. The minimum atomic E-state index is 0.362. The summed E-state index contributed by atoms with van der Waals surface area (Å²) in [6.07, 6.45) is 0. The fourth-order valence-corrected chi connectivity index (χ4v) is 1.95. The molecule has 1 heterocycles. The molecule has 6 heteroatoms. The van der Waals surface area contributed by atoms with Crippen molar-refractivity contribution in [1.29, 1.82) is 0 Å². The number of aromatic nitrogens is 3. The Morgan fingerprint density at radius 3 is 3.06 bits per heavy atom. The smallest absolute Gasteiger partial charge is 0.195 e. The van der Waals surface area contributed by atoms with Gasteiger partial charge in [-0.05, 0) is 37.3 Å². The van der Waals surface area contributed by atoms with Crippen LogP contribution in [0.5, 0.6) is 5.75 Å². The first-order valence-corrected chi connectivity index (χ1v) is 6.01. The lowest BCUT2D eigenvalue weighted by atomic mass is 10.3. The zero-order valence-corrected chi connectivity index (χ0v) is 10.9. The Labute approximate surface area is 109 Å². The monoisotopic (exact) mass is 269 g/mol. The van der Waals surface area contributed by atoms with Gasteiger partial charge in [0.05, 0.1) is 0 Å². The summed E-state index contributed by atoms with van der Waals surface area (Å²) < 4.78 is 8.09. The highest BCUT2D eigenvalue weighted by atomic mass is 35.5. The molecule has 0 aliphatic rings. The number of halogens is 1. The Hall–Kier alpha value is -1.33. The van der Waals surface area contributed by atoms with Gasteiger partial charge in [0.15, 0.2) is 10.6 Å². The predicted molar refractivity (Wildman–Crippen MR) is 68.9 cm³/mol. The SMILES string of the molecule is CCn1c(COc2cccc(Cl)c2)n[nH]c1=S. The Kier molecular flexibility index (Phi) is 3.81. The van der Waals surface area contributed by atoms with Crippen molar-refractivity contribution in [2.75, 3.05) is 0 Å². The summed E-state index contributed by atoms with van der Waals surface area (Å²) in [5.74, 6) is 1.49. The molecule has 0 fully saturated rings. The molecule has 0 amide bonds. The zero-order chi connectivity index (χ0) is 12.3. The van der Waals surface area contributed by atoms with Crippen molar-refractivity contribution in [1.82, 2.24) is 14.8 Å². The normalized spacial score (nSPS) is 10.5. The third kappa shape index (κ3) is 2.87. The van der Waals surface area contributed by atoms with Crippen molar-refractivity contribution in [3.63, 3.8) is 0 Å². The maximum atomic E-state index is 5.87. The van der Waals surface area contributed by atoms with Gasteiger partial charge in [0.1, 0.15) is 12.4 Å². The van der Waals surface area contributed by atoms with Gasteiger partial charge in [-0.25, -0.2) is 0 Å². The number of hydrogen-bond acceptors (Lipinski definition) is 3. The van der Waals surface area contributed by atoms with Crippen LogP contribution in [-0.2, 0) is 13.2 Å². The molecule has 0 spiro atoms. The van der Waals surface area contributed by atoms with Crippen LogP contribution in [0.3, 0.4) is 0 Å². The topological polar surface area (TPSA) is 42.8 Å². The van der Waals surface area contributed by atoms with Crippen LogP contribution in [0.15, 0.2) is 24.3 Å². The fourth-order valence-electron chi connectivity index (χ4n) is 1.49. The van der Waals surface area contributed by atoms with E-state index >= 15 is 0 Å². The predicted octanol–water partition coefficient (Wildman–Crippen LogP) is 3.19. The fraction of sp³-hybridized carbons (Fsp3) is 0.273. The summed E-state index contributed by atoms with van der Waals surface area (Å²) in [6.45, 7) is 3.14. The maximum absolute atomic E-state index is 5.87. The Morgan fingerprint density at radius 2 is 2.35 bits per heavy atom. The lowest BCUT2D eigenvalue weighted by Crippen LogP contribution is -2.06. The van der Waals surface area contributed by atoms with Gasteiger partial charge in [-0.3, -0.25) is 5.10 Å². The molecule has 0 saturated carbocycles. The molecular formula is C11H12ClN3OS. The van der Waals surface area contributed by atoms with Gasteiger partial charge in [0.2, 0.25) is 0 Å². The van der Waals surface area contributed by atoms with Gasteiger partial charge in [0.25, 0.3) is 0 Å². The lowest BCUT2D eigenvalue weighted by molar-refractivity contribution is 0.289. The van der Waals surface area contributed by atoms with Crippen molar-refractivity contribution in [2.24, 2.45) is 0 Å². The van der Waals surface area contributed by atoms with E-state index in [0.29, 0.717) is 22.2 Å². The molecule has 4 nitrogen and oxygen atoms in total. The molecule has 0 bridgehead atoms. The molecule has 17 heavy (non-hydrogen) atoms. The highest BCUT2D eigenvalue weighted by Gasteiger charge is 2.05. The van der Waals surface area contributed by atoms with E-state index in [1.807, 2.05) is 23.6 Å². The summed E-state index contributed by atoms with van der Waals surface area (Å²) in [4.78, 5) is 0. The number of rotatable bonds is 4. The molecule has 0 atom stereocenters. The quantitative estimate of drug-likeness (QED) is 0.867. The number of benzene rings is 1. The average molecular weight is 270 g/mol. The molecule has 2 aromatic rings. The van der Waals surface area contributed by atoms with E-state index in [4.69, 9.17) is 28.6 Å². The van der Waals surface area contributed by atoms with Crippen LogP contribution in [-0.4, -0.2) is 14.8 Å². The second kappa shape index (κ2) is 5.33. The molecule has 0 aliphatic heterocycles. The van der Waals surface area contributed by atoms with E-state index in [1.54, 1.807) is 12.1 Å². The molecule has 1 aromatic heterocycles. The van der Waals surface area contributed by atoms with Crippen molar-refractivity contribution < 1.29 is 4.74 Å². The molecule has 0 radical (unpaired) electrons. The number of aromatic amines is 1. The van der Waals surface area contributed by atoms with E-state index in [2.05, 4.69) is 10.2 Å². The molecule has 2 rings (SSSR count). The van der Waals surface area contributed by atoms with Crippen LogP contribution in [0.4, 0.5) is 0 Å². The molecule has 1 N–H and O–H groups in total. The minimum Gasteiger partial charge on any atom is -0.486 e. The molecule has 0 unspecified atom stereocenters. The first-order chi connectivity index (χ1) is 8.20. The summed E-state index contributed by atoms with van der Waals surface area (Å²) in [5, 5.41) is 7.51. The van der Waals surface area contributed by atoms with Crippen molar-refractivity contribution in [2.45, 2.75) is 20.1 Å². The van der Waals surface area contributed by atoms with E-state index in [9.17, 15) is 0 Å². The Bertz CT molecular complexity index is 564. The van der Waals surface area contributed by atoms with Crippen LogP contribution >= 0.6 is 23.8 Å². The van der Waals surface area contributed by atoms with Crippen molar-refractivity contribution >= 4 is 23.8 Å². The Balaban J connectivity index is 2.10. The van der Waals surface area contributed by atoms with Gasteiger partial charge in [0, 0.05) is 11.6 Å². The molecule has 1 aromatic carbocycles. The van der Waals surface area contributed by atoms with Gasteiger partial charge >= 0.3 is 0 Å². The lowest BCUT2D eigenvalue weighted by Gasteiger charge is -2.06. The summed E-state index contributed by atoms with van der Waals surface area (Å²) >= 11 is 11.0. The van der Waals surface area contributed by atoms with E-state index in [1.165, 1.54) is 0 Å². The third-order valence-electron chi connectivity index (χ3n) is 2.32. The first kappa shape index (κ1) is 12.1.